The van der Waals surface area contributed by atoms with Crippen molar-refractivity contribution < 1.29 is 19.1 Å². The minimum absolute atomic E-state index is 0.0644. The van der Waals surface area contributed by atoms with Gasteiger partial charge in [-0.05, 0) is 59.9 Å². The van der Waals surface area contributed by atoms with Gasteiger partial charge in [0.05, 0.1) is 18.7 Å². The van der Waals surface area contributed by atoms with Gasteiger partial charge in [-0.1, -0.05) is 20.8 Å². The average molecular weight is 477 g/mol. The number of pyridine rings is 1. The highest BCUT2D eigenvalue weighted by Crippen LogP contribution is 2.64. The second-order valence-electron chi connectivity index (χ2n) is 12.1. The molecule has 2 aromatic rings. The molecule has 1 aromatic heterocycles. The topological polar surface area (TPSA) is 83.0 Å². The molecule has 1 saturated carbocycles. The van der Waals surface area contributed by atoms with Crippen LogP contribution in [-0.4, -0.2) is 65.9 Å². The predicted molar refractivity (Wildman–Crippen MR) is 131 cm³/mol. The highest BCUT2D eigenvalue weighted by atomic mass is 16.5. The van der Waals surface area contributed by atoms with Crippen LogP contribution in [0.3, 0.4) is 0 Å². The molecule has 0 N–H and O–H groups in total. The van der Waals surface area contributed by atoms with E-state index in [1.165, 1.54) is 14.1 Å². The van der Waals surface area contributed by atoms with Crippen LogP contribution in [0, 0.1) is 16.2 Å². The SMILES string of the molecule is COc1ccc2nc3c(cc2c1)CC1(C(=O)N(C)C(=O)N(C)C1=O)[C@H]1N3[C@H]2CC(C)(C)C[C@]1(C)C2. The maximum absolute atomic E-state index is 14.1. The molecule has 4 amide bonds. The van der Waals surface area contributed by atoms with E-state index in [1.54, 1.807) is 7.11 Å². The zero-order valence-electron chi connectivity index (χ0n) is 21.2. The van der Waals surface area contributed by atoms with Gasteiger partial charge in [-0.2, -0.15) is 0 Å². The number of ether oxygens (including phenoxy) is 1. The second kappa shape index (κ2) is 6.74. The van der Waals surface area contributed by atoms with Crippen LogP contribution in [0.2, 0.25) is 0 Å². The van der Waals surface area contributed by atoms with Crippen molar-refractivity contribution >= 4 is 34.6 Å². The molecule has 3 atom stereocenters. The van der Waals surface area contributed by atoms with Gasteiger partial charge in [-0.15, -0.1) is 0 Å². The second-order valence-corrected chi connectivity index (χ2v) is 12.1. The summed E-state index contributed by atoms with van der Waals surface area (Å²) >= 11 is 0. The average Bonchev–Trinajstić information content (AvgIpc) is 3.04. The zero-order chi connectivity index (χ0) is 25.1. The molecule has 2 saturated heterocycles. The van der Waals surface area contributed by atoms with Gasteiger partial charge in [0.2, 0.25) is 11.8 Å². The number of nitrogens with zero attached hydrogens (tertiary/aromatic N) is 4. The Kier molecular flexibility index (Phi) is 4.30. The first kappa shape index (κ1) is 22.3. The van der Waals surface area contributed by atoms with Crippen molar-refractivity contribution in [1.82, 2.24) is 14.8 Å². The molecule has 3 aliphatic heterocycles. The van der Waals surface area contributed by atoms with Crippen molar-refractivity contribution in [3.63, 3.8) is 0 Å². The van der Waals surface area contributed by atoms with Crippen molar-refractivity contribution in [1.29, 1.82) is 0 Å². The third-order valence-corrected chi connectivity index (χ3v) is 8.91. The molecule has 0 radical (unpaired) electrons. The number of methoxy groups -OCH3 is 1. The quantitative estimate of drug-likeness (QED) is 0.585. The highest BCUT2D eigenvalue weighted by molar-refractivity contribution is 6.20. The standard InChI is InChI=1S/C27H32N4O4/c1-25(2)12-17-13-26(3,14-25)21-27(22(32)29(4)24(34)30(5)23(27)33)11-16-9-15-10-18(35-6)7-8-19(15)28-20(16)31(17)21/h7-10,17,21H,11-14H2,1-6H3/t17-,21-,26-/m0/s1. The van der Waals surface area contributed by atoms with Crippen LogP contribution in [0.5, 0.6) is 5.75 Å². The Bertz CT molecular complexity index is 1300. The van der Waals surface area contributed by atoms with E-state index in [0.29, 0.717) is 0 Å². The van der Waals surface area contributed by atoms with E-state index in [9.17, 15) is 14.4 Å². The molecule has 8 nitrogen and oxygen atoms in total. The van der Waals surface area contributed by atoms with Crippen LogP contribution in [0.4, 0.5) is 10.6 Å². The number of aromatic nitrogens is 1. The number of benzene rings is 1. The fraction of sp³-hybridized carbons (Fsp3) is 0.556. The lowest BCUT2D eigenvalue weighted by molar-refractivity contribution is -0.161. The van der Waals surface area contributed by atoms with Gasteiger partial charge in [0.25, 0.3) is 0 Å². The predicted octanol–water partition coefficient (Wildman–Crippen LogP) is 3.61. The molecule has 4 heterocycles. The first-order chi connectivity index (χ1) is 16.4. The van der Waals surface area contributed by atoms with E-state index in [2.05, 4.69) is 25.7 Å². The monoisotopic (exact) mass is 476 g/mol. The Morgan fingerprint density at radius 2 is 1.69 bits per heavy atom. The van der Waals surface area contributed by atoms with E-state index >= 15 is 0 Å². The Morgan fingerprint density at radius 3 is 2.34 bits per heavy atom. The Balaban J connectivity index is 1.64. The molecule has 4 aliphatic rings. The smallest absolute Gasteiger partial charge is 0.332 e. The Labute approximate surface area is 205 Å². The number of urea groups is 1. The zero-order valence-corrected chi connectivity index (χ0v) is 21.2. The van der Waals surface area contributed by atoms with Gasteiger partial charge in [0, 0.05) is 31.9 Å². The summed E-state index contributed by atoms with van der Waals surface area (Å²) in [6, 6.07) is 7.07. The Hall–Kier alpha value is -3.16. The number of hydrogen-bond acceptors (Lipinski definition) is 6. The van der Waals surface area contributed by atoms with E-state index < -0.39 is 23.3 Å². The molecule has 0 unspecified atom stereocenters. The van der Waals surface area contributed by atoms with Crippen LogP contribution in [-0.2, 0) is 16.0 Å². The third-order valence-electron chi connectivity index (χ3n) is 8.91. The molecule has 6 rings (SSSR count). The third kappa shape index (κ3) is 2.74. The van der Waals surface area contributed by atoms with Gasteiger partial charge in [-0.3, -0.25) is 19.4 Å². The Morgan fingerprint density at radius 1 is 1.00 bits per heavy atom. The number of fused-ring (bicyclic) bond motifs is 9. The van der Waals surface area contributed by atoms with Gasteiger partial charge in [-0.25, -0.2) is 9.78 Å². The van der Waals surface area contributed by atoms with E-state index in [-0.39, 0.29) is 29.3 Å². The number of amides is 4. The summed E-state index contributed by atoms with van der Waals surface area (Å²) in [4.78, 5) is 50.6. The normalized spacial score (nSPS) is 30.7. The van der Waals surface area contributed by atoms with Crippen LogP contribution in [0.15, 0.2) is 24.3 Å². The number of carbonyl (C=O) groups excluding carboxylic acids is 3. The summed E-state index contributed by atoms with van der Waals surface area (Å²) in [5.74, 6) is 0.795. The largest absolute Gasteiger partial charge is 0.497 e. The van der Waals surface area contributed by atoms with Crippen LogP contribution in [0.25, 0.3) is 10.9 Å². The molecule has 1 spiro atoms. The van der Waals surface area contributed by atoms with E-state index in [0.717, 1.165) is 57.1 Å². The number of barbiturate groups is 1. The molecule has 1 aromatic carbocycles. The summed E-state index contributed by atoms with van der Waals surface area (Å²) < 4.78 is 5.42. The number of rotatable bonds is 1. The number of anilines is 1. The summed E-state index contributed by atoms with van der Waals surface area (Å²) in [6.45, 7) is 6.77. The minimum Gasteiger partial charge on any atom is -0.497 e. The molecule has 3 fully saturated rings. The van der Waals surface area contributed by atoms with Gasteiger partial charge < -0.3 is 9.64 Å². The lowest BCUT2D eigenvalue weighted by Gasteiger charge is -2.54. The van der Waals surface area contributed by atoms with Crippen molar-refractivity contribution in [3.05, 3.63) is 29.8 Å². The van der Waals surface area contributed by atoms with Crippen molar-refractivity contribution in [2.45, 2.75) is 58.5 Å². The van der Waals surface area contributed by atoms with Crippen molar-refractivity contribution in [2.75, 3.05) is 26.1 Å². The lowest BCUT2D eigenvalue weighted by Crippen LogP contribution is -2.72. The lowest BCUT2D eigenvalue weighted by atomic mass is 9.56. The molecule has 1 aliphatic carbocycles. The fourth-order valence-corrected chi connectivity index (χ4v) is 8.10. The number of hydrogen-bond donors (Lipinski definition) is 0. The van der Waals surface area contributed by atoms with E-state index in [1.807, 2.05) is 24.3 Å². The van der Waals surface area contributed by atoms with Crippen LogP contribution in [0.1, 0.15) is 45.6 Å². The van der Waals surface area contributed by atoms with Crippen LogP contribution >= 0.6 is 0 Å². The molecule has 35 heavy (non-hydrogen) atoms. The molecular weight excluding hydrogens is 444 g/mol. The van der Waals surface area contributed by atoms with Crippen molar-refractivity contribution in [3.8, 4) is 5.75 Å². The number of imide groups is 2. The van der Waals surface area contributed by atoms with Gasteiger partial charge >= 0.3 is 6.03 Å². The van der Waals surface area contributed by atoms with Crippen LogP contribution < -0.4 is 9.64 Å². The first-order valence-corrected chi connectivity index (χ1v) is 12.3. The molecular formula is C27H32N4O4. The van der Waals surface area contributed by atoms with Crippen molar-refractivity contribution in [2.24, 2.45) is 16.2 Å². The molecule has 2 bridgehead atoms. The fourth-order valence-electron chi connectivity index (χ4n) is 8.10. The maximum Gasteiger partial charge on any atom is 0.332 e. The summed E-state index contributed by atoms with van der Waals surface area (Å²) in [5, 5.41) is 0.902. The van der Waals surface area contributed by atoms with E-state index in [4.69, 9.17) is 9.72 Å². The minimum atomic E-state index is -1.37. The summed E-state index contributed by atoms with van der Waals surface area (Å²) in [7, 11) is 4.61. The molecule has 8 heteroatoms. The van der Waals surface area contributed by atoms with Gasteiger partial charge in [0.1, 0.15) is 11.6 Å². The molecule has 184 valence electrons. The maximum atomic E-state index is 14.1. The number of carbonyl (C=O) groups is 3. The first-order valence-electron chi connectivity index (χ1n) is 12.3. The summed E-state index contributed by atoms with van der Waals surface area (Å²) in [6.07, 6.45) is 2.99. The highest BCUT2D eigenvalue weighted by Gasteiger charge is 2.72. The van der Waals surface area contributed by atoms with Gasteiger partial charge in [0.15, 0.2) is 5.41 Å². The summed E-state index contributed by atoms with van der Waals surface area (Å²) in [5.41, 5.74) is 0.149.